The molecule has 23 heavy (non-hydrogen) atoms. The van der Waals surface area contributed by atoms with Crippen LogP contribution in [0.1, 0.15) is 19.4 Å². The van der Waals surface area contributed by atoms with E-state index in [4.69, 9.17) is 0 Å². The fraction of sp³-hybridized carbons (Fsp3) is 0.211. The second-order valence-corrected chi connectivity index (χ2v) is 5.37. The second kappa shape index (κ2) is 9.50. The van der Waals surface area contributed by atoms with Gasteiger partial charge in [-0.15, -0.1) is 24.2 Å². The summed E-state index contributed by atoms with van der Waals surface area (Å²) in [5.41, 5.74) is 4.31. The summed E-state index contributed by atoms with van der Waals surface area (Å²) in [6.07, 6.45) is 8.00. The van der Waals surface area contributed by atoms with Crippen LogP contribution in [0.25, 0.3) is 20.8 Å². The van der Waals surface area contributed by atoms with E-state index in [2.05, 4.69) is 53.2 Å². The normalized spacial score (nSPS) is 9.83. The van der Waals surface area contributed by atoms with Crippen molar-refractivity contribution in [3.8, 4) is 23.4 Å². The average molecular weight is 323 g/mol. The predicted octanol–water partition coefficient (Wildman–Crippen LogP) is 6.26. The molecule has 0 spiro atoms. The van der Waals surface area contributed by atoms with Gasteiger partial charge in [0.1, 0.15) is 5.01 Å². The van der Waals surface area contributed by atoms with Crippen LogP contribution in [-0.4, -0.2) is 12.0 Å². The Labute approximate surface area is 142 Å². The average Bonchev–Trinajstić information content (AvgIpc) is 3.02. The molecule has 0 saturated carbocycles. The highest BCUT2D eigenvalue weighted by atomic mass is 32.1. The van der Waals surface area contributed by atoms with Crippen LogP contribution in [0.4, 0.5) is 5.69 Å². The van der Waals surface area contributed by atoms with E-state index in [0.717, 1.165) is 21.8 Å². The van der Waals surface area contributed by atoms with Gasteiger partial charge in [-0.3, -0.25) is 0 Å². The largest absolute Gasteiger partial charge is 0.236 e. The Bertz CT molecular complexity index is 783. The summed E-state index contributed by atoms with van der Waals surface area (Å²) < 4.78 is 1.23. The minimum atomic E-state index is 0.864. The molecular weight excluding hydrogens is 302 g/mol. The van der Waals surface area contributed by atoms with Gasteiger partial charge in [0.2, 0.25) is 0 Å². The van der Waals surface area contributed by atoms with Crippen molar-refractivity contribution < 1.29 is 0 Å². The van der Waals surface area contributed by atoms with Gasteiger partial charge in [-0.2, -0.15) is 10.2 Å². The number of hydrogen-bond acceptors (Lipinski definition) is 4. The second-order valence-electron chi connectivity index (χ2n) is 4.34. The Morgan fingerprint density at radius 1 is 1.00 bits per heavy atom. The molecule has 4 heteroatoms. The van der Waals surface area contributed by atoms with Crippen LogP contribution < -0.4 is 0 Å². The lowest BCUT2D eigenvalue weighted by atomic mass is 10.2. The Kier molecular flexibility index (Phi) is 7.65. The van der Waals surface area contributed by atoms with Crippen molar-refractivity contribution in [3.63, 3.8) is 0 Å². The van der Waals surface area contributed by atoms with Crippen LogP contribution in [0.2, 0.25) is 0 Å². The van der Waals surface area contributed by atoms with E-state index in [-0.39, 0.29) is 0 Å². The van der Waals surface area contributed by atoms with Gasteiger partial charge in [0.05, 0.1) is 15.9 Å². The maximum absolute atomic E-state index is 4.66. The molecule has 0 aliphatic rings. The van der Waals surface area contributed by atoms with Crippen molar-refractivity contribution in [2.24, 2.45) is 10.2 Å². The number of thiazole rings is 1. The van der Waals surface area contributed by atoms with E-state index in [9.17, 15) is 0 Å². The third-order valence-corrected chi connectivity index (χ3v) is 3.94. The molecule has 3 rings (SSSR count). The third-order valence-electron chi connectivity index (χ3n) is 2.87. The van der Waals surface area contributed by atoms with Crippen molar-refractivity contribution >= 4 is 27.2 Å². The molecule has 0 N–H and O–H groups in total. The number of benzene rings is 2. The van der Waals surface area contributed by atoms with Gasteiger partial charge in [0, 0.05) is 12.6 Å². The summed E-state index contributed by atoms with van der Waals surface area (Å²) in [5, 5.41) is 8.81. The number of aryl methyl sites for hydroxylation is 1. The molecule has 0 bridgehead atoms. The van der Waals surface area contributed by atoms with Crippen molar-refractivity contribution in [1.82, 2.24) is 4.98 Å². The van der Waals surface area contributed by atoms with Gasteiger partial charge in [0.25, 0.3) is 0 Å². The van der Waals surface area contributed by atoms with Crippen molar-refractivity contribution in [2.45, 2.75) is 20.8 Å². The summed E-state index contributed by atoms with van der Waals surface area (Å²) in [6.45, 7) is 6.10. The summed E-state index contributed by atoms with van der Waals surface area (Å²) in [4.78, 5) is 4.66. The number of nitrogens with zero attached hydrogens (tertiary/aromatic N) is 3. The SMILES string of the molecule is C#C.CC.CN=Nc1ccc(-c2nc3ccc(C)cc3s2)cc1. The summed E-state index contributed by atoms with van der Waals surface area (Å²) in [7, 11) is 1.67. The highest BCUT2D eigenvalue weighted by Crippen LogP contribution is 2.31. The number of fused-ring (bicyclic) bond motifs is 1. The summed E-state index contributed by atoms with van der Waals surface area (Å²) in [5.74, 6) is 0. The third kappa shape index (κ3) is 4.73. The topological polar surface area (TPSA) is 37.6 Å². The van der Waals surface area contributed by atoms with E-state index in [0.29, 0.717) is 0 Å². The molecule has 1 heterocycles. The van der Waals surface area contributed by atoms with Crippen molar-refractivity contribution in [1.29, 1.82) is 0 Å². The van der Waals surface area contributed by atoms with Crippen molar-refractivity contribution in [3.05, 3.63) is 48.0 Å². The number of rotatable bonds is 2. The fourth-order valence-electron chi connectivity index (χ4n) is 1.94. The van der Waals surface area contributed by atoms with E-state index in [1.807, 2.05) is 38.1 Å². The Morgan fingerprint density at radius 3 is 2.26 bits per heavy atom. The number of terminal acetylenes is 1. The van der Waals surface area contributed by atoms with Crippen LogP contribution in [0, 0.1) is 19.8 Å². The van der Waals surface area contributed by atoms with Gasteiger partial charge in [-0.1, -0.05) is 19.9 Å². The lowest BCUT2D eigenvalue weighted by Crippen LogP contribution is -1.75. The maximum atomic E-state index is 4.66. The molecule has 0 aliphatic carbocycles. The molecule has 118 valence electrons. The van der Waals surface area contributed by atoms with E-state index in [1.165, 1.54) is 10.3 Å². The Balaban J connectivity index is 0.000000615. The first-order chi connectivity index (χ1) is 11.3. The first-order valence-electron chi connectivity index (χ1n) is 7.37. The molecule has 0 amide bonds. The molecule has 0 aliphatic heterocycles. The highest BCUT2D eigenvalue weighted by Gasteiger charge is 2.06. The first-order valence-corrected chi connectivity index (χ1v) is 8.19. The van der Waals surface area contributed by atoms with Crippen LogP contribution in [0.5, 0.6) is 0 Å². The quantitative estimate of drug-likeness (QED) is 0.405. The summed E-state index contributed by atoms with van der Waals surface area (Å²) >= 11 is 1.72. The fourth-order valence-corrected chi connectivity index (χ4v) is 3.01. The maximum Gasteiger partial charge on any atom is 0.124 e. The van der Waals surface area contributed by atoms with Crippen LogP contribution >= 0.6 is 11.3 Å². The summed E-state index contributed by atoms with van der Waals surface area (Å²) in [6, 6.07) is 14.3. The number of aromatic nitrogens is 1. The molecule has 2 aromatic carbocycles. The zero-order chi connectivity index (χ0) is 17.2. The molecule has 0 saturated heterocycles. The van der Waals surface area contributed by atoms with Gasteiger partial charge in [-0.05, 0) is 48.9 Å². The molecule has 0 radical (unpaired) electrons. The number of hydrogen-bond donors (Lipinski definition) is 0. The Morgan fingerprint density at radius 2 is 1.65 bits per heavy atom. The zero-order valence-corrected chi connectivity index (χ0v) is 14.8. The lowest BCUT2D eigenvalue weighted by Gasteiger charge is -1.95. The predicted molar refractivity (Wildman–Crippen MR) is 101 cm³/mol. The van der Waals surface area contributed by atoms with E-state index in [1.54, 1.807) is 18.4 Å². The van der Waals surface area contributed by atoms with Crippen LogP contribution in [0.3, 0.4) is 0 Å². The lowest BCUT2D eigenvalue weighted by molar-refractivity contribution is 1.17. The smallest absolute Gasteiger partial charge is 0.124 e. The van der Waals surface area contributed by atoms with Gasteiger partial charge >= 0.3 is 0 Å². The molecule has 3 aromatic rings. The Hall–Kier alpha value is -2.51. The molecule has 1 aromatic heterocycles. The van der Waals surface area contributed by atoms with E-state index >= 15 is 0 Å². The van der Waals surface area contributed by atoms with Crippen LogP contribution in [0.15, 0.2) is 52.7 Å². The first kappa shape index (κ1) is 18.5. The minimum Gasteiger partial charge on any atom is -0.236 e. The standard InChI is InChI=1S/C15H13N3S.C2H6.C2H2/c1-10-3-8-13-14(9-10)19-15(17-13)11-4-6-12(7-5-11)18-16-2;2*1-2/h3-9H,1-2H3;1-2H3;1-2H. The van der Waals surface area contributed by atoms with Crippen molar-refractivity contribution in [2.75, 3.05) is 7.05 Å². The molecular formula is C19H21N3S. The monoisotopic (exact) mass is 323 g/mol. The van der Waals surface area contributed by atoms with Gasteiger partial charge in [0.15, 0.2) is 0 Å². The molecule has 0 fully saturated rings. The minimum absolute atomic E-state index is 0.864. The highest BCUT2D eigenvalue weighted by molar-refractivity contribution is 7.21. The van der Waals surface area contributed by atoms with Crippen LogP contribution in [-0.2, 0) is 0 Å². The molecule has 0 atom stereocenters. The van der Waals surface area contributed by atoms with Gasteiger partial charge in [-0.25, -0.2) is 4.98 Å². The number of azo groups is 1. The van der Waals surface area contributed by atoms with Gasteiger partial charge < -0.3 is 0 Å². The van der Waals surface area contributed by atoms with E-state index < -0.39 is 0 Å². The molecule has 0 unspecified atom stereocenters. The zero-order valence-electron chi connectivity index (χ0n) is 13.9. The molecule has 3 nitrogen and oxygen atoms in total.